The topological polar surface area (TPSA) is 68.3 Å². The quantitative estimate of drug-likeness (QED) is 0.611. The molecule has 0 aliphatic carbocycles. The molecule has 5 nitrogen and oxygen atoms in total. The molecule has 0 aliphatic rings. The fraction of sp³-hybridized carbons (Fsp3) is 0.458. The van der Waals surface area contributed by atoms with E-state index >= 15 is 0 Å². The summed E-state index contributed by atoms with van der Waals surface area (Å²) in [6.07, 6.45) is -2.35. The normalized spacial score (nSPS) is 12.2. The van der Waals surface area contributed by atoms with Crippen molar-refractivity contribution in [3.8, 4) is 5.75 Å². The second-order valence-corrected chi connectivity index (χ2v) is 8.17. The van der Waals surface area contributed by atoms with Crippen LogP contribution in [0.15, 0.2) is 24.3 Å². The average Bonchev–Trinajstić information content (AvgIpc) is 2.66. The maximum Gasteiger partial charge on any atom is 0.272 e. The third kappa shape index (κ3) is 6.84. The lowest BCUT2D eigenvalue weighted by Crippen LogP contribution is -2.27. The summed E-state index contributed by atoms with van der Waals surface area (Å²) in [7, 11) is 0. The molecule has 168 valence electrons. The average molecular weight is 433 g/mol. The lowest BCUT2D eigenvalue weighted by molar-refractivity contribution is -0.121. The Morgan fingerprint density at radius 2 is 1.65 bits per heavy atom. The SMILES string of the molecule is Cc1cc(C(=O)NC(C)c2cc(C)c(OCC(F)F)c(C)c2)cc(CC(=O)C(C)C)n1. The second kappa shape index (κ2) is 10.5. The molecule has 0 fully saturated rings. The van der Waals surface area contributed by atoms with Crippen molar-refractivity contribution in [2.24, 2.45) is 5.92 Å². The van der Waals surface area contributed by atoms with E-state index in [2.05, 4.69) is 10.3 Å². The van der Waals surface area contributed by atoms with Crippen LogP contribution in [0.4, 0.5) is 8.78 Å². The first-order chi connectivity index (χ1) is 14.5. The van der Waals surface area contributed by atoms with Gasteiger partial charge in [0.2, 0.25) is 0 Å². The Morgan fingerprint density at radius 1 is 1.03 bits per heavy atom. The monoisotopic (exact) mass is 432 g/mol. The molecule has 0 bridgehead atoms. The minimum Gasteiger partial charge on any atom is -0.487 e. The summed E-state index contributed by atoms with van der Waals surface area (Å²) in [4.78, 5) is 29.3. The number of carbonyl (C=O) groups is 2. The van der Waals surface area contributed by atoms with Crippen molar-refractivity contribution in [2.75, 3.05) is 6.61 Å². The van der Waals surface area contributed by atoms with E-state index < -0.39 is 13.0 Å². The number of hydrogen-bond donors (Lipinski definition) is 1. The van der Waals surface area contributed by atoms with E-state index in [1.54, 1.807) is 32.9 Å². The number of halogens is 2. The Balaban J connectivity index is 2.17. The number of Topliss-reactive ketones (excluding diaryl/α,β-unsaturated/α-hetero) is 1. The van der Waals surface area contributed by atoms with Crippen molar-refractivity contribution in [2.45, 2.75) is 60.4 Å². The van der Waals surface area contributed by atoms with E-state index in [1.807, 2.05) is 32.9 Å². The number of ether oxygens (including phenoxy) is 1. The Hall–Kier alpha value is -2.83. The molecule has 7 heteroatoms. The van der Waals surface area contributed by atoms with E-state index in [1.165, 1.54) is 0 Å². The van der Waals surface area contributed by atoms with Crippen molar-refractivity contribution in [3.05, 3.63) is 57.9 Å². The van der Waals surface area contributed by atoms with E-state index in [0.717, 1.165) is 16.7 Å². The third-order valence-electron chi connectivity index (χ3n) is 4.95. The van der Waals surface area contributed by atoms with Crippen molar-refractivity contribution >= 4 is 11.7 Å². The molecular weight excluding hydrogens is 402 g/mol. The number of hydrogen-bond acceptors (Lipinski definition) is 4. The summed E-state index contributed by atoms with van der Waals surface area (Å²) >= 11 is 0. The summed E-state index contributed by atoms with van der Waals surface area (Å²) in [6.45, 7) is 10.2. The van der Waals surface area contributed by atoms with Gasteiger partial charge in [-0.2, -0.15) is 0 Å². The number of nitrogens with one attached hydrogen (secondary N) is 1. The van der Waals surface area contributed by atoms with Gasteiger partial charge in [-0.15, -0.1) is 0 Å². The Bertz CT molecular complexity index is 935. The second-order valence-electron chi connectivity index (χ2n) is 8.17. The molecule has 0 radical (unpaired) electrons. The highest BCUT2D eigenvalue weighted by Gasteiger charge is 2.17. The zero-order valence-corrected chi connectivity index (χ0v) is 18.9. The van der Waals surface area contributed by atoms with Gasteiger partial charge in [0.1, 0.15) is 18.1 Å². The van der Waals surface area contributed by atoms with E-state index in [4.69, 9.17) is 4.74 Å². The van der Waals surface area contributed by atoms with E-state index in [9.17, 15) is 18.4 Å². The van der Waals surface area contributed by atoms with E-state index in [0.29, 0.717) is 22.7 Å². The number of carbonyl (C=O) groups excluding carboxylic acids is 2. The molecule has 2 rings (SSSR count). The summed E-state index contributed by atoms with van der Waals surface area (Å²) < 4.78 is 30.1. The highest BCUT2D eigenvalue weighted by molar-refractivity contribution is 5.95. The number of benzene rings is 1. The third-order valence-corrected chi connectivity index (χ3v) is 4.95. The lowest BCUT2D eigenvalue weighted by atomic mass is 10.0. The predicted molar refractivity (Wildman–Crippen MR) is 116 cm³/mol. The van der Waals surface area contributed by atoms with Gasteiger partial charge < -0.3 is 10.1 Å². The van der Waals surface area contributed by atoms with Gasteiger partial charge in [-0.25, -0.2) is 8.78 Å². The molecule has 1 N–H and O–H groups in total. The summed E-state index contributed by atoms with van der Waals surface area (Å²) in [5.41, 5.74) is 3.98. The predicted octanol–water partition coefficient (Wildman–Crippen LogP) is 4.91. The van der Waals surface area contributed by atoms with Crippen molar-refractivity contribution in [1.82, 2.24) is 10.3 Å². The fourth-order valence-electron chi connectivity index (χ4n) is 3.31. The van der Waals surface area contributed by atoms with Gasteiger partial charge >= 0.3 is 0 Å². The highest BCUT2D eigenvalue weighted by atomic mass is 19.3. The highest BCUT2D eigenvalue weighted by Crippen LogP contribution is 2.28. The largest absolute Gasteiger partial charge is 0.487 e. The van der Waals surface area contributed by atoms with Crippen LogP contribution >= 0.6 is 0 Å². The smallest absolute Gasteiger partial charge is 0.272 e. The zero-order valence-electron chi connectivity index (χ0n) is 18.9. The van der Waals surface area contributed by atoms with Gasteiger partial charge in [-0.3, -0.25) is 14.6 Å². The number of amides is 1. The van der Waals surface area contributed by atoms with Gasteiger partial charge in [0.15, 0.2) is 0 Å². The van der Waals surface area contributed by atoms with Crippen LogP contribution < -0.4 is 10.1 Å². The van der Waals surface area contributed by atoms with Crippen LogP contribution in [0.1, 0.15) is 65.2 Å². The minimum absolute atomic E-state index is 0.0675. The maximum atomic E-state index is 12.8. The molecule has 1 aromatic heterocycles. The molecule has 1 atom stereocenters. The van der Waals surface area contributed by atoms with Crippen LogP contribution in [0.2, 0.25) is 0 Å². The summed E-state index contributed by atoms with van der Waals surface area (Å²) in [5, 5.41) is 2.95. The van der Waals surface area contributed by atoms with Crippen LogP contribution in [0.5, 0.6) is 5.75 Å². The fourth-order valence-corrected chi connectivity index (χ4v) is 3.31. The molecule has 31 heavy (non-hydrogen) atoms. The number of aryl methyl sites for hydroxylation is 3. The molecule has 1 aromatic carbocycles. The maximum absolute atomic E-state index is 12.8. The van der Waals surface area contributed by atoms with Gasteiger partial charge in [0.25, 0.3) is 12.3 Å². The number of ketones is 1. The number of pyridine rings is 1. The zero-order chi connectivity index (χ0) is 23.3. The first kappa shape index (κ1) is 24.4. The minimum atomic E-state index is -2.54. The molecule has 0 spiro atoms. The van der Waals surface area contributed by atoms with Crippen molar-refractivity contribution in [1.29, 1.82) is 0 Å². The molecule has 2 aromatic rings. The van der Waals surface area contributed by atoms with Gasteiger partial charge in [0, 0.05) is 29.3 Å². The molecule has 0 saturated carbocycles. The van der Waals surface area contributed by atoms with Gasteiger partial charge in [-0.1, -0.05) is 26.0 Å². The molecule has 1 unspecified atom stereocenters. The Kier molecular flexibility index (Phi) is 8.25. The van der Waals surface area contributed by atoms with E-state index in [-0.39, 0.29) is 30.1 Å². The number of alkyl halides is 2. The molecule has 1 heterocycles. The van der Waals surface area contributed by atoms with Gasteiger partial charge in [0.05, 0.1) is 6.04 Å². The lowest BCUT2D eigenvalue weighted by Gasteiger charge is -2.19. The van der Waals surface area contributed by atoms with Crippen LogP contribution in [0.25, 0.3) is 0 Å². The number of aromatic nitrogens is 1. The van der Waals surface area contributed by atoms with Gasteiger partial charge in [-0.05, 0) is 56.5 Å². The molecule has 0 saturated heterocycles. The van der Waals surface area contributed by atoms with Crippen LogP contribution in [-0.4, -0.2) is 29.7 Å². The number of rotatable bonds is 9. The summed E-state index contributed by atoms with van der Waals surface area (Å²) in [5.74, 6) is 0.132. The molecule has 1 amide bonds. The standard InChI is InChI=1S/C24H30F2N2O3/c1-13(2)21(29)11-20-10-19(9-16(5)27-20)24(30)28-17(6)18-7-14(3)23(15(4)8-18)31-12-22(25)26/h7-10,13,17,22H,11-12H2,1-6H3,(H,28,30). The molecular formula is C24H30F2N2O3. The first-order valence-electron chi connectivity index (χ1n) is 10.3. The summed E-state index contributed by atoms with van der Waals surface area (Å²) in [6, 6.07) is 6.66. The van der Waals surface area contributed by atoms with Crippen LogP contribution in [0, 0.1) is 26.7 Å². The van der Waals surface area contributed by atoms with Crippen LogP contribution in [-0.2, 0) is 11.2 Å². The molecule has 0 aliphatic heterocycles. The Labute approximate surface area is 182 Å². The Morgan fingerprint density at radius 3 is 2.19 bits per heavy atom. The van der Waals surface area contributed by atoms with Crippen molar-refractivity contribution in [3.63, 3.8) is 0 Å². The first-order valence-corrected chi connectivity index (χ1v) is 10.3. The van der Waals surface area contributed by atoms with Crippen LogP contribution in [0.3, 0.4) is 0 Å². The number of nitrogens with zero attached hydrogens (tertiary/aromatic N) is 1. The van der Waals surface area contributed by atoms with Crippen molar-refractivity contribution < 1.29 is 23.1 Å².